The summed E-state index contributed by atoms with van der Waals surface area (Å²) in [5.41, 5.74) is 0.948. The maximum Gasteiger partial charge on any atom is 0.328 e. The number of sulfonamides is 1. The van der Waals surface area contributed by atoms with E-state index in [0.29, 0.717) is 11.3 Å². The Morgan fingerprint density at radius 1 is 1.17 bits per heavy atom. The van der Waals surface area contributed by atoms with Crippen LogP contribution in [0.5, 0.6) is 5.75 Å². The number of rotatable bonds is 6. The Bertz CT molecular complexity index is 860. The Morgan fingerprint density at radius 3 is 2.42 bits per heavy atom. The van der Waals surface area contributed by atoms with Crippen LogP contribution in [0.2, 0.25) is 0 Å². The molecule has 0 atom stereocenters. The van der Waals surface area contributed by atoms with Crippen molar-refractivity contribution in [2.45, 2.75) is 4.90 Å². The van der Waals surface area contributed by atoms with Crippen LogP contribution in [0.4, 0.5) is 5.69 Å². The van der Waals surface area contributed by atoms with Gasteiger partial charge in [-0.15, -0.1) is 0 Å². The molecule has 6 nitrogen and oxygen atoms in total. The summed E-state index contributed by atoms with van der Waals surface area (Å²) in [6.07, 6.45) is 2.27. The predicted molar refractivity (Wildman–Crippen MR) is 91.7 cm³/mol. The smallest absolute Gasteiger partial charge is 0.328 e. The monoisotopic (exact) mass is 347 g/mol. The van der Waals surface area contributed by atoms with Crippen LogP contribution >= 0.6 is 0 Å². The zero-order valence-corrected chi connectivity index (χ0v) is 14.0. The van der Waals surface area contributed by atoms with Gasteiger partial charge in [0.05, 0.1) is 12.8 Å². The van der Waals surface area contributed by atoms with E-state index in [9.17, 15) is 13.2 Å². The molecule has 0 aliphatic heterocycles. The number of methoxy groups -OCH3 is 1. The summed E-state index contributed by atoms with van der Waals surface area (Å²) in [7, 11) is -1.04. The number of aliphatic carboxylic acids is 1. The molecular weight excluding hydrogens is 330 g/mol. The number of para-hydroxylation sites is 1. The van der Waals surface area contributed by atoms with Gasteiger partial charge in [-0.1, -0.05) is 24.3 Å². The maximum absolute atomic E-state index is 12.9. The minimum absolute atomic E-state index is 0.0381. The molecule has 0 heterocycles. The van der Waals surface area contributed by atoms with Crippen molar-refractivity contribution in [3.05, 3.63) is 60.2 Å². The molecule has 2 aromatic rings. The lowest BCUT2D eigenvalue weighted by Crippen LogP contribution is -2.27. The highest BCUT2D eigenvalue weighted by Crippen LogP contribution is 2.30. The lowest BCUT2D eigenvalue weighted by molar-refractivity contribution is -0.131. The summed E-state index contributed by atoms with van der Waals surface area (Å²) in [4.78, 5) is 10.6. The molecule has 126 valence electrons. The third-order valence-corrected chi connectivity index (χ3v) is 5.17. The van der Waals surface area contributed by atoms with E-state index in [1.807, 2.05) is 0 Å². The molecule has 0 spiro atoms. The zero-order chi connectivity index (χ0) is 17.7. The van der Waals surface area contributed by atoms with Crippen molar-refractivity contribution in [2.75, 3.05) is 18.5 Å². The summed E-state index contributed by atoms with van der Waals surface area (Å²) < 4.78 is 32.1. The van der Waals surface area contributed by atoms with Crippen molar-refractivity contribution in [3.63, 3.8) is 0 Å². The minimum Gasteiger partial charge on any atom is -0.495 e. The van der Waals surface area contributed by atoms with Crippen LogP contribution in [0.3, 0.4) is 0 Å². The lowest BCUT2D eigenvalue weighted by atomic mass is 10.2. The number of carboxylic acids is 1. The first-order valence-electron chi connectivity index (χ1n) is 6.99. The second-order valence-electron chi connectivity index (χ2n) is 4.89. The van der Waals surface area contributed by atoms with Crippen LogP contribution in [0.15, 0.2) is 59.5 Å². The molecule has 7 heteroatoms. The number of ether oxygens (including phenoxy) is 1. The Labute approximate surface area is 140 Å². The van der Waals surface area contributed by atoms with Crippen molar-refractivity contribution in [1.29, 1.82) is 0 Å². The van der Waals surface area contributed by atoms with Crippen molar-refractivity contribution >= 4 is 27.8 Å². The Balaban J connectivity index is 2.52. The highest BCUT2D eigenvalue weighted by molar-refractivity contribution is 7.92. The normalized spacial score (nSPS) is 11.4. The van der Waals surface area contributed by atoms with Gasteiger partial charge in [0, 0.05) is 13.1 Å². The first-order valence-corrected chi connectivity index (χ1v) is 8.43. The highest BCUT2D eigenvalue weighted by atomic mass is 32.2. The van der Waals surface area contributed by atoms with Crippen LogP contribution < -0.4 is 9.04 Å². The Kier molecular flexibility index (Phi) is 5.25. The molecule has 24 heavy (non-hydrogen) atoms. The van der Waals surface area contributed by atoms with Crippen molar-refractivity contribution in [2.24, 2.45) is 0 Å². The third-order valence-electron chi connectivity index (χ3n) is 3.36. The molecule has 1 N–H and O–H groups in total. The largest absolute Gasteiger partial charge is 0.495 e. The highest BCUT2D eigenvalue weighted by Gasteiger charge is 2.25. The van der Waals surface area contributed by atoms with E-state index in [4.69, 9.17) is 9.84 Å². The molecule has 0 radical (unpaired) electrons. The number of anilines is 1. The van der Waals surface area contributed by atoms with E-state index < -0.39 is 16.0 Å². The quantitative estimate of drug-likeness (QED) is 0.812. The lowest BCUT2D eigenvalue weighted by Gasteiger charge is -2.21. The van der Waals surface area contributed by atoms with Gasteiger partial charge in [0.25, 0.3) is 10.0 Å². The average Bonchev–Trinajstić information content (AvgIpc) is 2.59. The van der Waals surface area contributed by atoms with Gasteiger partial charge >= 0.3 is 5.97 Å². The van der Waals surface area contributed by atoms with Gasteiger partial charge in [0.1, 0.15) is 10.6 Å². The van der Waals surface area contributed by atoms with Gasteiger partial charge in [-0.05, 0) is 35.9 Å². The second-order valence-corrected chi connectivity index (χ2v) is 6.83. The van der Waals surface area contributed by atoms with Gasteiger partial charge in [0.15, 0.2) is 0 Å². The van der Waals surface area contributed by atoms with E-state index >= 15 is 0 Å². The molecule has 0 aliphatic rings. The van der Waals surface area contributed by atoms with Crippen molar-refractivity contribution in [1.82, 2.24) is 0 Å². The predicted octanol–water partition coefficient (Wildman–Crippen LogP) is 2.62. The Morgan fingerprint density at radius 2 is 1.83 bits per heavy atom. The SMILES string of the molecule is COc1ccc(/C=C\C(=O)O)cc1S(=O)(=O)N(C)c1ccccc1. The standard InChI is InChI=1S/C17H17NO5S/c1-18(14-6-4-3-5-7-14)24(21,22)16-12-13(9-11-17(19)20)8-10-15(16)23-2/h3-12H,1-2H3,(H,19,20)/b11-9-. The average molecular weight is 347 g/mol. The molecule has 0 bridgehead atoms. The third kappa shape index (κ3) is 3.75. The second kappa shape index (κ2) is 7.18. The van der Waals surface area contributed by atoms with E-state index in [1.54, 1.807) is 36.4 Å². The molecule has 0 unspecified atom stereocenters. The molecule has 2 aromatic carbocycles. The topological polar surface area (TPSA) is 83.9 Å². The molecule has 0 fully saturated rings. The summed E-state index contributed by atoms with van der Waals surface area (Å²) in [6.45, 7) is 0. The van der Waals surface area contributed by atoms with Crippen LogP contribution in [-0.4, -0.2) is 33.7 Å². The molecule has 0 saturated carbocycles. The number of benzene rings is 2. The zero-order valence-electron chi connectivity index (χ0n) is 13.2. The molecule has 0 saturated heterocycles. The van der Waals surface area contributed by atoms with Crippen LogP contribution in [0, 0.1) is 0 Å². The van der Waals surface area contributed by atoms with Gasteiger partial charge in [-0.2, -0.15) is 0 Å². The first-order chi connectivity index (χ1) is 11.4. The summed E-state index contributed by atoms with van der Waals surface area (Å²) in [5.74, 6) is -0.929. The van der Waals surface area contributed by atoms with Crippen LogP contribution in [-0.2, 0) is 14.8 Å². The van der Waals surface area contributed by atoms with E-state index in [-0.39, 0.29) is 10.6 Å². The Hall–Kier alpha value is -2.80. The van der Waals surface area contributed by atoms with Gasteiger partial charge in [-0.3, -0.25) is 4.31 Å². The minimum atomic E-state index is -3.87. The summed E-state index contributed by atoms with van der Waals surface area (Å²) >= 11 is 0. The fraction of sp³-hybridized carbons (Fsp3) is 0.118. The van der Waals surface area contributed by atoms with Crippen LogP contribution in [0.25, 0.3) is 6.08 Å². The number of carboxylic acid groups (broad SMARTS) is 1. The fourth-order valence-corrected chi connectivity index (χ4v) is 3.48. The fourth-order valence-electron chi connectivity index (χ4n) is 2.09. The van der Waals surface area contributed by atoms with E-state index in [2.05, 4.69) is 0 Å². The molecule has 0 aromatic heterocycles. The number of nitrogens with zero attached hydrogens (tertiary/aromatic N) is 1. The number of hydrogen-bond donors (Lipinski definition) is 1. The molecule has 0 amide bonds. The molecule has 0 aliphatic carbocycles. The number of carbonyl (C=O) groups is 1. The molecular formula is C17H17NO5S. The van der Waals surface area contributed by atoms with Crippen molar-refractivity contribution < 1.29 is 23.1 Å². The molecule has 2 rings (SSSR count). The maximum atomic E-state index is 12.9. The van der Waals surface area contributed by atoms with Gasteiger partial charge in [0.2, 0.25) is 0 Å². The van der Waals surface area contributed by atoms with Crippen LogP contribution in [0.1, 0.15) is 5.56 Å². The van der Waals surface area contributed by atoms with E-state index in [1.165, 1.54) is 32.4 Å². The summed E-state index contributed by atoms with van der Waals surface area (Å²) in [5, 5.41) is 8.70. The van der Waals surface area contributed by atoms with Gasteiger partial charge < -0.3 is 9.84 Å². The van der Waals surface area contributed by atoms with Crippen molar-refractivity contribution in [3.8, 4) is 5.75 Å². The number of hydrogen-bond acceptors (Lipinski definition) is 4. The first kappa shape index (κ1) is 17.6. The van der Waals surface area contributed by atoms with Gasteiger partial charge in [-0.25, -0.2) is 13.2 Å². The summed E-state index contributed by atoms with van der Waals surface area (Å²) in [6, 6.07) is 13.1. The van der Waals surface area contributed by atoms with E-state index in [0.717, 1.165) is 10.4 Å².